The Kier molecular flexibility index (Phi) is 8.97. The van der Waals surface area contributed by atoms with Crippen molar-refractivity contribution in [3.63, 3.8) is 0 Å². The molecule has 1 aromatic heterocycles. The second-order valence-corrected chi connectivity index (χ2v) is 7.11. The van der Waals surface area contributed by atoms with E-state index in [-0.39, 0.29) is 5.91 Å². The molecule has 1 heterocycles. The maximum atomic E-state index is 12.0. The number of hydrogen-bond acceptors (Lipinski definition) is 3. The average molecular weight is 420 g/mol. The predicted molar refractivity (Wildman–Crippen MR) is 118 cm³/mol. The van der Waals surface area contributed by atoms with Gasteiger partial charge in [0, 0.05) is 18.2 Å². The lowest BCUT2D eigenvalue weighted by Crippen LogP contribution is -2.46. The SMILES string of the molecule is CCCCCNC(=S)NNC(=O)/C=C/c1c(C)nn(Cc2ccccc2)c1Cl. The van der Waals surface area contributed by atoms with Crippen LogP contribution in [0.4, 0.5) is 0 Å². The third-order valence-corrected chi connectivity index (χ3v) is 4.70. The number of unbranched alkanes of at least 4 members (excludes halogenated alkanes) is 2. The van der Waals surface area contributed by atoms with E-state index < -0.39 is 0 Å². The number of carbonyl (C=O) groups excluding carboxylic acids is 1. The van der Waals surface area contributed by atoms with Crippen molar-refractivity contribution >= 4 is 40.9 Å². The van der Waals surface area contributed by atoms with Crippen LogP contribution in [0.15, 0.2) is 36.4 Å². The van der Waals surface area contributed by atoms with E-state index in [4.69, 9.17) is 23.8 Å². The topological polar surface area (TPSA) is 71.0 Å². The number of rotatable bonds is 8. The number of hydrogen-bond donors (Lipinski definition) is 3. The first-order valence-electron chi connectivity index (χ1n) is 9.30. The molecule has 28 heavy (non-hydrogen) atoms. The number of nitrogens with zero attached hydrogens (tertiary/aromatic N) is 2. The van der Waals surface area contributed by atoms with Crippen LogP contribution in [0.1, 0.15) is 43.0 Å². The summed E-state index contributed by atoms with van der Waals surface area (Å²) in [6, 6.07) is 9.94. The second-order valence-electron chi connectivity index (χ2n) is 6.34. The van der Waals surface area contributed by atoms with Gasteiger partial charge in [-0.3, -0.25) is 15.6 Å². The van der Waals surface area contributed by atoms with E-state index in [1.807, 2.05) is 37.3 Å². The molecule has 0 saturated heterocycles. The molecule has 0 atom stereocenters. The molecule has 3 N–H and O–H groups in total. The number of amides is 1. The van der Waals surface area contributed by atoms with Crippen LogP contribution in [0, 0.1) is 6.92 Å². The molecule has 0 aliphatic heterocycles. The zero-order valence-corrected chi connectivity index (χ0v) is 17.7. The van der Waals surface area contributed by atoms with Gasteiger partial charge in [0.15, 0.2) is 5.11 Å². The van der Waals surface area contributed by atoms with E-state index in [2.05, 4.69) is 28.2 Å². The molecule has 0 aliphatic rings. The molecule has 150 valence electrons. The second kappa shape index (κ2) is 11.5. The monoisotopic (exact) mass is 419 g/mol. The van der Waals surface area contributed by atoms with Gasteiger partial charge in [-0.05, 0) is 37.2 Å². The van der Waals surface area contributed by atoms with E-state index >= 15 is 0 Å². The summed E-state index contributed by atoms with van der Waals surface area (Å²) >= 11 is 11.6. The molecule has 1 amide bonds. The highest BCUT2D eigenvalue weighted by atomic mass is 35.5. The number of aryl methyl sites for hydroxylation is 1. The zero-order valence-electron chi connectivity index (χ0n) is 16.2. The van der Waals surface area contributed by atoms with Crippen LogP contribution in [-0.4, -0.2) is 27.3 Å². The smallest absolute Gasteiger partial charge is 0.262 e. The summed E-state index contributed by atoms with van der Waals surface area (Å²) in [5.74, 6) is -0.330. The van der Waals surface area contributed by atoms with E-state index in [0.29, 0.717) is 22.4 Å². The molecular formula is C20H26ClN5OS. The van der Waals surface area contributed by atoms with Crippen molar-refractivity contribution in [2.45, 2.75) is 39.7 Å². The van der Waals surface area contributed by atoms with Gasteiger partial charge in [-0.15, -0.1) is 0 Å². The Morgan fingerprint density at radius 1 is 1.25 bits per heavy atom. The Hall–Kier alpha value is -2.38. The molecular weight excluding hydrogens is 394 g/mol. The molecule has 1 aromatic carbocycles. The Morgan fingerprint density at radius 2 is 2.00 bits per heavy atom. The first-order chi connectivity index (χ1) is 13.5. The minimum absolute atomic E-state index is 0.330. The van der Waals surface area contributed by atoms with Crippen LogP contribution in [-0.2, 0) is 11.3 Å². The number of carbonyl (C=O) groups is 1. The molecule has 8 heteroatoms. The van der Waals surface area contributed by atoms with Crippen molar-refractivity contribution in [1.82, 2.24) is 25.9 Å². The summed E-state index contributed by atoms with van der Waals surface area (Å²) in [4.78, 5) is 12.0. The first-order valence-corrected chi connectivity index (χ1v) is 10.1. The fraction of sp³-hybridized carbons (Fsp3) is 0.350. The summed E-state index contributed by atoms with van der Waals surface area (Å²) < 4.78 is 1.72. The molecule has 2 rings (SSSR count). The molecule has 6 nitrogen and oxygen atoms in total. The van der Waals surface area contributed by atoms with Gasteiger partial charge in [0.2, 0.25) is 0 Å². The van der Waals surface area contributed by atoms with Gasteiger partial charge in [-0.1, -0.05) is 61.7 Å². The summed E-state index contributed by atoms with van der Waals surface area (Å²) in [6.45, 7) is 5.35. The largest absolute Gasteiger partial charge is 0.361 e. The average Bonchev–Trinajstić information content (AvgIpc) is 2.95. The molecule has 0 radical (unpaired) electrons. The number of nitrogens with one attached hydrogen (secondary N) is 3. The van der Waals surface area contributed by atoms with Crippen LogP contribution >= 0.6 is 23.8 Å². The third kappa shape index (κ3) is 6.98. The summed E-state index contributed by atoms with van der Waals surface area (Å²) in [5, 5.41) is 8.38. The number of halogens is 1. The van der Waals surface area contributed by atoms with Crippen LogP contribution in [0.5, 0.6) is 0 Å². The quantitative estimate of drug-likeness (QED) is 0.264. The van der Waals surface area contributed by atoms with Crippen molar-refractivity contribution in [2.75, 3.05) is 6.54 Å². The van der Waals surface area contributed by atoms with Crippen LogP contribution in [0.25, 0.3) is 6.08 Å². The van der Waals surface area contributed by atoms with Crippen molar-refractivity contribution in [2.24, 2.45) is 0 Å². The standard InChI is InChI=1S/C20H26ClN5OS/c1-3-4-8-13-22-20(28)24-23-18(27)12-11-17-15(2)25-26(19(17)21)14-16-9-6-5-7-10-16/h5-7,9-12H,3-4,8,13-14H2,1-2H3,(H,23,27)(H2,22,24,28)/b12-11+. The third-order valence-electron chi connectivity index (χ3n) is 4.05. The molecule has 2 aromatic rings. The van der Waals surface area contributed by atoms with Gasteiger partial charge in [0.25, 0.3) is 5.91 Å². The fourth-order valence-electron chi connectivity index (χ4n) is 2.56. The molecule has 0 bridgehead atoms. The molecule has 0 spiro atoms. The van der Waals surface area contributed by atoms with E-state index in [1.165, 1.54) is 6.08 Å². The Labute approximate surface area is 176 Å². The van der Waals surface area contributed by atoms with Gasteiger partial charge >= 0.3 is 0 Å². The Bertz CT molecular complexity index is 820. The van der Waals surface area contributed by atoms with E-state index in [9.17, 15) is 4.79 Å². The van der Waals surface area contributed by atoms with Crippen molar-refractivity contribution in [3.8, 4) is 0 Å². The first kappa shape index (κ1) is 21.9. The minimum Gasteiger partial charge on any atom is -0.361 e. The van der Waals surface area contributed by atoms with Gasteiger partial charge in [-0.25, -0.2) is 4.68 Å². The molecule has 0 aliphatic carbocycles. The maximum absolute atomic E-state index is 12.0. The lowest BCUT2D eigenvalue weighted by Gasteiger charge is -2.10. The van der Waals surface area contributed by atoms with Crippen LogP contribution in [0.3, 0.4) is 0 Å². The van der Waals surface area contributed by atoms with E-state index in [1.54, 1.807) is 10.8 Å². The fourth-order valence-corrected chi connectivity index (χ4v) is 3.01. The van der Waals surface area contributed by atoms with Gasteiger partial charge < -0.3 is 5.32 Å². The highest BCUT2D eigenvalue weighted by Gasteiger charge is 2.11. The summed E-state index contributed by atoms with van der Waals surface area (Å²) in [5.41, 5.74) is 7.78. The Balaban J connectivity index is 1.87. The number of benzene rings is 1. The summed E-state index contributed by atoms with van der Waals surface area (Å²) in [7, 11) is 0. The van der Waals surface area contributed by atoms with Crippen molar-refractivity contribution in [3.05, 3.63) is 58.4 Å². The minimum atomic E-state index is -0.330. The Morgan fingerprint density at radius 3 is 2.71 bits per heavy atom. The van der Waals surface area contributed by atoms with Gasteiger partial charge in [0.1, 0.15) is 5.15 Å². The lowest BCUT2D eigenvalue weighted by atomic mass is 10.2. The lowest BCUT2D eigenvalue weighted by molar-refractivity contribution is -0.116. The zero-order chi connectivity index (χ0) is 20.4. The molecule has 0 unspecified atom stereocenters. The molecule has 0 fully saturated rings. The maximum Gasteiger partial charge on any atom is 0.262 e. The van der Waals surface area contributed by atoms with Crippen LogP contribution < -0.4 is 16.2 Å². The number of hydrazine groups is 1. The highest BCUT2D eigenvalue weighted by molar-refractivity contribution is 7.80. The van der Waals surface area contributed by atoms with E-state index in [0.717, 1.165) is 37.1 Å². The van der Waals surface area contributed by atoms with Crippen LogP contribution in [0.2, 0.25) is 5.15 Å². The van der Waals surface area contributed by atoms with Crippen molar-refractivity contribution in [1.29, 1.82) is 0 Å². The highest BCUT2D eigenvalue weighted by Crippen LogP contribution is 2.22. The van der Waals surface area contributed by atoms with Gasteiger partial charge in [-0.2, -0.15) is 5.10 Å². The number of thiocarbonyl (C=S) groups is 1. The predicted octanol–water partition coefficient (Wildman–Crippen LogP) is 3.59. The summed E-state index contributed by atoms with van der Waals surface area (Å²) in [6.07, 6.45) is 6.38. The molecule has 0 saturated carbocycles. The van der Waals surface area contributed by atoms with Gasteiger partial charge in [0.05, 0.1) is 12.2 Å². The normalized spacial score (nSPS) is 10.8. The number of aromatic nitrogens is 2. The van der Waals surface area contributed by atoms with Crippen molar-refractivity contribution < 1.29 is 4.79 Å².